The number of hydrogen-bond acceptors (Lipinski definition) is 3. The summed E-state index contributed by atoms with van der Waals surface area (Å²) in [6.45, 7) is 2.23. The number of ether oxygens (including phenoxy) is 1. The lowest BCUT2D eigenvalue weighted by molar-refractivity contribution is -0.140. The molecule has 1 aromatic carbocycles. The van der Waals surface area contributed by atoms with Crippen LogP contribution in [0.5, 0.6) is 5.75 Å². The Morgan fingerprint density at radius 1 is 1.12 bits per heavy atom. The summed E-state index contributed by atoms with van der Waals surface area (Å²) < 4.78 is 5.57. The smallest absolute Gasteiger partial charge is 0.314 e. The summed E-state index contributed by atoms with van der Waals surface area (Å²) in [7, 11) is 0. The van der Waals surface area contributed by atoms with Crippen LogP contribution in [-0.2, 0) is 11.2 Å². The predicted octanol–water partition coefficient (Wildman–Crippen LogP) is 5.99. The summed E-state index contributed by atoms with van der Waals surface area (Å²) in [6.07, 6.45) is 14.6. The minimum atomic E-state index is -0.111. The highest BCUT2D eigenvalue weighted by Crippen LogP contribution is 2.30. The summed E-state index contributed by atoms with van der Waals surface area (Å²) in [5, 5.41) is 8.59. The molecule has 1 fully saturated rings. The highest BCUT2D eigenvalue weighted by Gasteiger charge is 2.26. The summed E-state index contributed by atoms with van der Waals surface area (Å²) in [6, 6.07) is 10.0. The molecule has 0 heterocycles. The Kier molecular flexibility index (Phi) is 8.96. The van der Waals surface area contributed by atoms with Crippen LogP contribution in [0.4, 0.5) is 0 Å². The average molecular weight is 354 g/mol. The number of nitriles is 1. The van der Waals surface area contributed by atoms with Crippen molar-refractivity contribution < 1.29 is 9.53 Å². The van der Waals surface area contributed by atoms with Crippen LogP contribution in [0.2, 0.25) is 0 Å². The first-order valence-electron chi connectivity index (χ1n) is 10.1. The van der Waals surface area contributed by atoms with E-state index in [9.17, 15) is 4.79 Å². The second-order valence-electron chi connectivity index (χ2n) is 7.33. The van der Waals surface area contributed by atoms with E-state index < -0.39 is 0 Å². The third-order valence-electron chi connectivity index (χ3n) is 5.26. The third kappa shape index (κ3) is 7.04. The summed E-state index contributed by atoms with van der Waals surface area (Å²) in [4.78, 5) is 12.4. The fourth-order valence-corrected chi connectivity index (χ4v) is 3.58. The summed E-state index contributed by atoms with van der Waals surface area (Å²) in [5.74, 6) is 0.951. The van der Waals surface area contributed by atoms with Crippen molar-refractivity contribution in [1.29, 1.82) is 5.26 Å². The van der Waals surface area contributed by atoms with Gasteiger partial charge in [0.2, 0.25) is 0 Å². The first-order valence-corrected chi connectivity index (χ1v) is 10.1. The molecule has 0 atom stereocenters. The molecular weight excluding hydrogens is 322 g/mol. The molecule has 0 N–H and O–H groups in total. The lowest BCUT2D eigenvalue weighted by atomic mass is 9.82. The van der Waals surface area contributed by atoms with E-state index in [0.717, 1.165) is 32.1 Å². The number of carbonyl (C=O) groups is 1. The van der Waals surface area contributed by atoms with Gasteiger partial charge in [0.25, 0.3) is 0 Å². The van der Waals surface area contributed by atoms with E-state index in [1.165, 1.54) is 37.7 Å². The molecule has 1 aromatic rings. The minimum absolute atomic E-state index is 0.0139. The molecule has 140 valence electrons. The van der Waals surface area contributed by atoms with Crippen LogP contribution in [0.15, 0.2) is 36.4 Å². The Labute approximate surface area is 158 Å². The fraction of sp³-hybridized carbons (Fsp3) is 0.565. The van der Waals surface area contributed by atoms with E-state index in [1.54, 1.807) is 6.08 Å². The lowest BCUT2D eigenvalue weighted by Gasteiger charge is -2.25. The van der Waals surface area contributed by atoms with Crippen LogP contribution in [0, 0.1) is 23.2 Å². The Balaban J connectivity index is 1.72. The van der Waals surface area contributed by atoms with Gasteiger partial charge in [0.1, 0.15) is 5.75 Å². The van der Waals surface area contributed by atoms with Crippen molar-refractivity contribution in [2.75, 3.05) is 0 Å². The number of unbranched alkanes of at least 4 members (excludes halogenated alkanes) is 4. The largest absolute Gasteiger partial charge is 0.426 e. The highest BCUT2D eigenvalue weighted by molar-refractivity contribution is 5.75. The van der Waals surface area contributed by atoms with Crippen molar-refractivity contribution in [3.05, 3.63) is 42.0 Å². The topological polar surface area (TPSA) is 50.1 Å². The van der Waals surface area contributed by atoms with Gasteiger partial charge in [0.05, 0.1) is 12.0 Å². The standard InChI is InChI=1S/C23H31NO2/c1-2-3-4-5-6-8-19-12-16-22(17-13-19)26-23(25)21-14-10-20(11-15-21)9-7-18-24/h7,9,12-13,16-17,20-21H,2-6,8,10-11,14-15H2,1H3. The van der Waals surface area contributed by atoms with Gasteiger partial charge >= 0.3 is 5.97 Å². The number of allylic oxidation sites excluding steroid dienone is 2. The highest BCUT2D eigenvalue weighted by atomic mass is 16.5. The number of benzene rings is 1. The fourth-order valence-electron chi connectivity index (χ4n) is 3.58. The molecule has 1 aliphatic carbocycles. The molecule has 1 saturated carbocycles. The van der Waals surface area contributed by atoms with Crippen LogP contribution in [0.3, 0.4) is 0 Å². The molecule has 0 bridgehead atoms. The van der Waals surface area contributed by atoms with Crippen molar-refractivity contribution in [2.45, 2.75) is 71.1 Å². The van der Waals surface area contributed by atoms with Gasteiger partial charge in [-0.2, -0.15) is 5.26 Å². The predicted molar refractivity (Wildman–Crippen MR) is 105 cm³/mol. The molecule has 0 amide bonds. The second kappa shape index (κ2) is 11.5. The molecule has 3 nitrogen and oxygen atoms in total. The van der Waals surface area contributed by atoms with Crippen molar-refractivity contribution >= 4 is 5.97 Å². The number of aryl methyl sites for hydroxylation is 1. The van der Waals surface area contributed by atoms with Crippen molar-refractivity contribution in [3.63, 3.8) is 0 Å². The molecule has 0 spiro atoms. The maximum atomic E-state index is 12.4. The van der Waals surface area contributed by atoms with Gasteiger partial charge in [-0.05, 0) is 62.1 Å². The normalized spacial score (nSPS) is 20.0. The maximum Gasteiger partial charge on any atom is 0.314 e. The summed E-state index contributed by atoms with van der Waals surface area (Å²) >= 11 is 0. The molecular formula is C23H31NO2. The van der Waals surface area contributed by atoms with Gasteiger partial charge in [-0.3, -0.25) is 4.79 Å². The van der Waals surface area contributed by atoms with Gasteiger partial charge in [0, 0.05) is 6.08 Å². The number of rotatable bonds is 9. The van der Waals surface area contributed by atoms with E-state index in [-0.39, 0.29) is 11.9 Å². The average Bonchev–Trinajstić information content (AvgIpc) is 2.68. The maximum absolute atomic E-state index is 12.4. The zero-order chi connectivity index (χ0) is 18.6. The Morgan fingerprint density at radius 3 is 2.46 bits per heavy atom. The van der Waals surface area contributed by atoms with Gasteiger partial charge in [-0.15, -0.1) is 0 Å². The monoisotopic (exact) mass is 353 g/mol. The molecule has 3 heteroatoms. The number of nitrogens with zero attached hydrogens (tertiary/aromatic N) is 1. The van der Waals surface area contributed by atoms with Gasteiger partial charge < -0.3 is 4.74 Å². The van der Waals surface area contributed by atoms with Crippen LogP contribution < -0.4 is 4.74 Å². The second-order valence-corrected chi connectivity index (χ2v) is 7.33. The lowest BCUT2D eigenvalue weighted by Crippen LogP contribution is -2.25. The first kappa shape index (κ1) is 20.2. The van der Waals surface area contributed by atoms with Gasteiger partial charge in [-0.25, -0.2) is 0 Å². The molecule has 0 aliphatic heterocycles. The molecule has 0 aromatic heterocycles. The van der Waals surface area contributed by atoms with Crippen molar-refractivity contribution in [2.24, 2.45) is 11.8 Å². The Hall–Kier alpha value is -2.08. The number of carbonyl (C=O) groups excluding carboxylic acids is 1. The number of hydrogen-bond donors (Lipinski definition) is 0. The number of esters is 1. The van der Waals surface area contributed by atoms with Crippen LogP contribution in [-0.4, -0.2) is 5.97 Å². The van der Waals surface area contributed by atoms with Gasteiger partial charge in [-0.1, -0.05) is 50.8 Å². The van der Waals surface area contributed by atoms with E-state index in [0.29, 0.717) is 11.7 Å². The van der Waals surface area contributed by atoms with Crippen LogP contribution in [0.25, 0.3) is 0 Å². The minimum Gasteiger partial charge on any atom is -0.426 e. The van der Waals surface area contributed by atoms with Gasteiger partial charge in [0.15, 0.2) is 0 Å². The molecule has 0 radical (unpaired) electrons. The van der Waals surface area contributed by atoms with E-state index in [2.05, 4.69) is 19.1 Å². The van der Waals surface area contributed by atoms with Crippen molar-refractivity contribution in [1.82, 2.24) is 0 Å². The third-order valence-corrected chi connectivity index (χ3v) is 5.26. The van der Waals surface area contributed by atoms with E-state index in [4.69, 9.17) is 10.00 Å². The van der Waals surface area contributed by atoms with E-state index >= 15 is 0 Å². The Morgan fingerprint density at radius 2 is 1.81 bits per heavy atom. The quantitative estimate of drug-likeness (QED) is 0.237. The SMILES string of the molecule is CCCCCCCc1ccc(OC(=O)C2CCC(C=CC#N)CC2)cc1. The van der Waals surface area contributed by atoms with Crippen LogP contribution in [0.1, 0.15) is 70.3 Å². The van der Waals surface area contributed by atoms with Crippen LogP contribution >= 0.6 is 0 Å². The molecule has 0 saturated heterocycles. The van der Waals surface area contributed by atoms with Crippen molar-refractivity contribution in [3.8, 4) is 11.8 Å². The molecule has 1 aliphatic rings. The summed E-state index contributed by atoms with van der Waals surface area (Å²) in [5.41, 5.74) is 1.31. The zero-order valence-corrected chi connectivity index (χ0v) is 16.0. The van der Waals surface area contributed by atoms with E-state index in [1.807, 2.05) is 24.3 Å². The Bertz CT molecular complexity index is 604. The molecule has 2 rings (SSSR count). The zero-order valence-electron chi connectivity index (χ0n) is 16.0. The molecule has 26 heavy (non-hydrogen) atoms. The molecule has 0 unspecified atom stereocenters. The first-order chi connectivity index (χ1) is 12.7.